The molecular formula is C26H30ClN3O3. The second kappa shape index (κ2) is 9.18. The number of nitrogens with zero attached hydrogens (tertiary/aromatic N) is 3. The van der Waals surface area contributed by atoms with Crippen molar-refractivity contribution in [3.05, 3.63) is 64.4 Å². The van der Waals surface area contributed by atoms with Crippen molar-refractivity contribution in [2.75, 3.05) is 20.2 Å². The van der Waals surface area contributed by atoms with Gasteiger partial charge in [-0.25, -0.2) is 0 Å². The molecule has 0 radical (unpaired) electrons. The highest BCUT2D eigenvalue weighted by molar-refractivity contribution is 6.32. The van der Waals surface area contributed by atoms with Gasteiger partial charge in [0, 0.05) is 61.3 Å². The first kappa shape index (κ1) is 23.3. The highest BCUT2D eigenvalue weighted by Gasteiger charge is 2.43. The van der Waals surface area contributed by atoms with E-state index in [0.29, 0.717) is 30.3 Å². The molecule has 174 valence electrons. The van der Waals surface area contributed by atoms with E-state index >= 15 is 0 Å². The number of amides is 1. The van der Waals surface area contributed by atoms with E-state index in [1.807, 2.05) is 47.5 Å². The monoisotopic (exact) mass is 467 g/mol. The van der Waals surface area contributed by atoms with E-state index in [1.54, 1.807) is 13.2 Å². The molecule has 1 aromatic carbocycles. The fraction of sp³-hybridized carbons (Fsp3) is 0.423. The molecule has 3 heterocycles. The van der Waals surface area contributed by atoms with Crippen LogP contribution in [-0.4, -0.2) is 47.3 Å². The summed E-state index contributed by atoms with van der Waals surface area (Å²) < 4.78 is 5.32. The number of piperidine rings is 1. The van der Waals surface area contributed by atoms with Gasteiger partial charge in [-0.2, -0.15) is 0 Å². The first-order chi connectivity index (χ1) is 15.7. The summed E-state index contributed by atoms with van der Waals surface area (Å²) >= 11 is 6.14. The lowest BCUT2D eigenvalue weighted by Gasteiger charge is -2.36. The van der Waals surface area contributed by atoms with E-state index in [-0.39, 0.29) is 16.9 Å². The van der Waals surface area contributed by atoms with Crippen molar-refractivity contribution in [3.8, 4) is 5.75 Å². The highest BCUT2D eigenvalue weighted by atomic mass is 35.5. The molecule has 0 N–H and O–H groups in total. The maximum absolute atomic E-state index is 12.7. The van der Waals surface area contributed by atoms with Gasteiger partial charge in [-0.3, -0.25) is 9.78 Å². The van der Waals surface area contributed by atoms with Crippen LogP contribution in [0.5, 0.6) is 5.75 Å². The van der Waals surface area contributed by atoms with E-state index in [0.717, 1.165) is 35.4 Å². The number of carbonyl (C=O) groups is 1. The zero-order valence-electron chi connectivity index (χ0n) is 19.6. The van der Waals surface area contributed by atoms with Crippen LogP contribution in [0.2, 0.25) is 5.02 Å². The van der Waals surface area contributed by atoms with Crippen LogP contribution >= 0.6 is 11.6 Å². The molecule has 0 atom stereocenters. The predicted molar refractivity (Wildman–Crippen MR) is 131 cm³/mol. The van der Waals surface area contributed by atoms with Gasteiger partial charge in [0.05, 0.1) is 17.8 Å². The number of aromatic nitrogens is 1. The number of carbonyl (C=O) groups excluding carboxylic acids is 1. The Hall–Kier alpha value is -2.86. The zero-order valence-corrected chi connectivity index (χ0v) is 20.4. The third kappa shape index (κ3) is 5.22. The van der Waals surface area contributed by atoms with Crippen LogP contribution in [-0.2, 0) is 15.0 Å². The van der Waals surface area contributed by atoms with E-state index < -0.39 is 0 Å². The lowest BCUT2D eigenvalue weighted by Crippen LogP contribution is -2.46. The largest absolute Gasteiger partial charge is 0.495 e. The Balaban J connectivity index is 1.32. The second-order valence-electron chi connectivity index (χ2n) is 9.72. The van der Waals surface area contributed by atoms with Gasteiger partial charge in [0.15, 0.2) is 0 Å². The Bertz CT molecular complexity index is 1080. The van der Waals surface area contributed by atoms with Crippen LogP contribution in [0.25, 0.3) is 6.08 Å². The number of pyridine rings is 1. The number of rotatable bonds is 4. The Labute approximate surface area is 200 Å². The number of methoxy groups -OCH3 is 1. The number of ether oxygens (including phenoxy) is 1. The quantitative estimate of drug-likeness (QED) is 0.577. The van der Waals surface area contributed by atoms with Crippen molar-refractivity contribution in [1.29, 1.82) is 0 Å². The maximum Gasteiger partial charge on any atom is 0.246 e. The summed E-state index contributed by atoms with van der Waals surface area (Å²) in [7, 11) is 1.60. The van der Waals surface area contributed by atoms with Crippen LogP contribution in [0.3, 0.4) is 0 Å². The maximum atomic E-state index is 12.7. The third-order valence-electron chi connectivity index (χ3n) is 6.28. The standard InChI is InChI=1S/C26H30ClN3O3/c1-25(2,3)23-9-5-18(17-28-23)6-10-24(31)30-13-11-26(12-14-30)16-21(29-33-26)19-7-8-20(27)22(15-19)32-4/h5-10,15,17H,11-14,16H2,1-4H3. The Morgan fingerprint density at radius 3 is 2.61 bits per heavy atom. The molecule has 2 aromatic rings. The minimum Gasteiger partial charge on any atom is -0.495 e. The van der Waals surface area contributed by atoms with Crippen molar-refractivity contribution < 1.29 is 14.4 Å². The highest BCUT2D eigenvalue weighted by Crippen LogP contribution is 2.37. The normalized spacial score (nSPS) is 17.8. The van der Waals surface area contributed by atoms with Crippen molar-refractivity contribution >= 4 is 29.3 Å². The van der Waals surface area contributed by atoms with Gasteiger partial charge < -0.3 is 14.5 Å². The van der Waals surface area contributed by atoms with Gasteiger partial charge in [-0.1, -0.05) is 49.7 Å². The first-order valence-electron chi connectivity index (χ1n) is 11.2. The Morgan fingerprint density at radius 1 is 1.21 bits per heavy atom. The average Bonchev–Trinajstić information content (AvgIpc) is 3.21. The van der Waals surface area contributed by atoms with Gasteiger partial charge in [0.2, 0.25) is 5.91 Å². The van der Waals surface area contributed by atoms with Crippen LogP contribution < -0.4 is 4.74 Å². The van der Waals surface area contributed by atoms with E-state index in [9.17, 15) is 4.79 Å². The minimum atomic E-state index is -0.352. The molecule has 6 nitrogen and oxygen atoms in total. The number of likely N-dealkylation sites (tertiary alicyclic amines) is 1. The minimum absolute atomic E-state index is 0.00586. The summed E-state index contributed by atoms with van der Waals surface area (Å²) in [5.74, 6) is 0.625. The fourth-order valence-corrected chi connectivity index (χ4v) is 4.33. The SMILES string of the molecule is COc1cc(C2=NOC3(CCN(C(=O)C=Cc4ccc(C(C)(C)C)nc4)CC3)C2)ccc1Cl. The molecule has 0 unspecified atom stereocenters. The zero-order chi connectivity index (χ0) is 23.6. The van der Waals surface area contributed by atoms with Gasteiger partial charge >= 0.3 is 0 Å². The van der Waals surface area contributed by atoms with Gasteiger partial charge in [-0.05, 0) is 29.8 Å². The summed E-state index contributed by atoms with van der Waals surface area (Å²) in [6.07, 6.45) is 7.46. The lowest BCUT2D eigenvalue weighted by atomic mass is 9.85. The van der Waals surface area contributed by atoms with Crippen molar-refractivity contribution in [2.24, 2.45) is 5.16 Å². The number of benzene rings is 1. The summed E-state index contributed by atoms with van der Waals surface area (Å²) in [6.45, 7) is 7.66. The fourth-order valence-electron chi connectivity index (χ4n) is 4.14. The topological polar surface area (TPSA) is 64.0 Å². The molecule has 1 fully saturated rings. The molecule has 0 aliphatic carbocycles. The Kier molecular flexibility index (Phi) is 6.48. The molecule has 1 aromatic heterocycles. The third-order valence-corrected chi connectivity index (χ3v) is 6.60. The van der Waals surface area contributed by atoms with Crippen molar-refractivity contribution in [2.45, 2.75) is 51.0 Å². The number of hydrogen-bond donors (Lipinski definition) is 0. The summed E-state index contributed by atoms with van der Waals surface area (Å²) in [6, 6.07) is 9.64. The Morgan fingerprint density at radius 2 is 1.97 bits per heavy atom. The number of halogens is 1. The summed E-state index contributed by atoms with van der Waals surface area (Å²) in [5.41, 5.74) is 3.43. The molecule has 1 amide bonds. The van der Waals surface area contributed by atoms with Gasteiger partial charge in [0.25, 0.3) is 0 Å². The smallest absolute Gasteiger partial charge is 0.246 e. The van der Waals surface area contributed by atoms with Crippen molar-refractivity contribution in [1.82, 2.24) is 9.88 Å². The lowest BCUT2D eigenvalue weighted by molar-refractivity contribution is -0.131. The molecule has 4 rings (SSSR count). The molecule has 0 saturated carbocycles. The van der Waals surface area contributed by atoms with Gasteiger partial charge in [0.1, 0.15) is 11.4 Å². The van der Waals surface area contributed by atoms with Gasteiger partial charge in [-0.15, -0.1) is 0 Å². The van der Waals surface area contributed by atoms with E-state index in [1.165, 1.54) is 0 Å². The second-order valence-corrected chi connectivity index (χ2v) is 10.1. The molecule has 1 saturated heterocycles. The van der Waals surface area contributed by atoms with E-state index in [2.05, 4.69) is 30.9 Å². The first-order valence-corrected chi connectivity index (χ1v) is 11.6. The van der Waals surface area contributed by atoms with Crippen LogP contribution in [0.15, 0.2) is 47.8 Å². The van der Waals surface area contributed by atoms with Crippen LogP contribution in [0.1, 0.15) is 56.9 Å². The number of oxime groups is 1. The summed E-state index contributed by atoms with van der Waals surface area (Å²) in [4.78, 5) is 25.0. The van der Waals surface area contributed by atoms with Crippen molar-refractivity contribution in [3.63, 3.8) is 0 Å². The molecular weight excluding hydrogens is 438 g/mol. The molecule has 33 heavy (non-hydrogen) atoms. The molecule has 2 aliphatic heterocycles. The van der Waals surface area contributed by atoms with Crippen LogP contribution in [0.4, 0.5) is 0 Å². The van der Waals surface area contributed by atoms with E-state index in [4.69, 9.17) is 21.2 Å². The predicted octanol–water partition coefficient (Wildman–Crippen LogP) is 5.24. The molecule has 2 aliphatic rings. The molecule has 7 heteroatoms. The summed E-state index contributed by atoms with van der Waals surface area (Å²) in [5, 5.41) is 4.92. The molecule has 0 bridgehead atoms. The van der Waals surface area contributed by atoms with Crippen LogP contribution in [0, 0.1) is 0 Å². The average molecular weight is 468 g/mol. The number of hydrogen-bond acceptors (Lipinski definition) is 5. The molecule has 1 spiro atoms.